The van der Waals surface area contributed by atoms with Gasteiger partial charge in [0.2, 0.25) is 12.7 Å². The van der Waals surface area contributed by atoms with E-state index in [4.69, 9.17) is 13.9 Å². The Labute approximate surface area is 177 Å². The summed E-state index contributed by atoms with van der Waals surface area (Å²) in [5, 5.41) is 7.32. The minimum absolute atomic E-state index is 0.0841. The van der Waals surface area contributed by atoms with Crippen molar-refractivity contribution in [1.29, 1.82) is 0 Å². The predicted molar refractivity (Wildman–Crippen MR) is 112 cm³/mol. The second kappa shape index (κ2) is 7.50. The van der Waals surface area contributed by atoms with Crippen LogP contribution in [0, 0.1) is 13.8 Å². The largest absolute Gasteiger partial charge is 0.460 e. The van der Waals surface area contributed by atoms with Gasteiger partial charge in [-0.25, -0.2) is 4.68 Å². The Hall–Kier alpha value is -3.75. The molecule has 1 N–H and O–H groups in total. The molecule has 1 aliphatic heterocycles. The van der Waals surface area contributed by atoms with Crippen molar-refractivity contribution in [2.75, 3.05) is 6.79 Å². The molecule has 3 aromatic heterocycles. The van der Waals surface area contributed by atoms with Crippen LogP contribution in [0.3, 0.4) is 0 Å². The molecule has 0 bridgehead atoms. The highest BCUT2D eigenvalue weighted by Gasteiger charge is 2.16. The lowest BCUT2D eigenvalue weighted by atomic mass is 10.2. The van der Waals surface area contributed by atoms with Gasteiger partial charge in [-0.3, -0.25) is 14.0 Å². The van der Waals surface area contributed by atoms with Crippen LogP contribution in [0.15, 0.2) is 39.5 Å². The van der Waals surface area contributed by atoms with E-state index >= 15 is 0 Å². The van der Waals surface area contributed by atoms with Crippen LogP contribution in [0.1, 0.15) is 30.0 Å². The van der Waals surface area contributed by atoms with Crippen molar-refractivity contribution in [3.05, 3.63) is 57.8 Å². The number of nitrogens with one attached hydrogen (secondary N) is 1. The molecule has 160 valence electrons. The van der Waals surface area contributed by atoms with Crippen LogP contribution in [0.5, 0.6) is 11.5 Å². The van der Waals surface area contributed by atoms with Gasteiger partial charge in [-0.15, -0.1) is 0 Å². The number of ether oxygens (including phenoxy) is 2. The molecule has 5 rings (SSSR count). The van der Waals surface area contributed by atoms with Gasteiger partial charge < -0.3 is 19.2 Å². The number of benzene rings is 1. The summed E-state index contributed by atoms with van der Waals surface area (Å²) >= 11 is 0. The number of fused-ring (bicyclic) bond motifs is 4. The summed E-state index contributed by atoms with van der Waals surface area (Å²) in [5.41, 5.74) is 2.76. The summed E-state index contributed by atoms with van der Waals surface area (Å²) < 4.78 is 19.5. The van der Waals surface area contributed by atoms with Gasteiger partial charge in [-0.1, -0.05) is 6.07 Å². The average molecular weight is 422 g/mol. The maximum absolute atomic E-state index is 12.8. The Balaban J connectivity index is 1.21. The first-order valence-corrected chi connectivity index (χ1v) is 10.1. The number of nitrogens with zero attached hydrogens (tertiary/aromatic N) is 3. The first-order valence-electron chi connectivity index (χ1n) is 10.1. The number of aromatic nitrogens is 3. The van der Waals surface area contributed by atoms with Gasteiger partial charge in [0.25, 0.3) is 5.56 Å². The Morgan fingerprint density at radius 1 is 1.13 bits per heavy atom. The van der Waals surface area contributed by atoms with E-state index in [0.717, 1.165) is 16.8 Å². The van der Waals surface area contributed by atoms with Gasteiger partial charge in [0.1, 0.15) is 17.1 Å². The van der Waals surface area contributed by atoms with Crippen LogP contribution < -0.4 is 20.3 Å². The number of aryl methyl sites for hydroxylation is 3. The Morgan fingerprint density at radius 2 is 1.97 bits per heavy atom. The fourth-order valence-corrected chi connectivity index (χ4v) is 3.90. The zero-order valence-electron chi connectivity index (χ0n) is 17.3. The molecule has 0 saturated carbocycles. The van der Waals surface area contributed by atoms with Crippen LogP contribution in [-0.2, 0) is 17.9 Å². The van der Waals surface area contributed by atoms with Crippen LogP contribution in [0.4, 0.5) is 0 Å². The van der Waals surface area contributed by atoms with Crippen LogP contribution >= 0.6 is 0 Å². The van der Waals surface area contributed by atoms with Gasteiger partial charge in [0.05, 0.1) is 5.52 Å². The minimum Gasteiger partial charge on any atom is -0.460 e. The summed E-state index contributed by atoms with van der Waals surface area (Å²) in [6.45, 7) is 4.70. The average Bonchev–Trinajstić information content (AvgIpc) is 3.43. The molecule has 1 aromatic carbocycles. The van der Waals surface area contributed by atoms with Crippen molar-refractivity contribution in [1.82, 2.24) is 19.5 Å². The van der Waals surface area contributed by atoms with Crippen LogP contribution in [-0.4, -0.2) is 26.9 Å². The van der Waals surface area contributed by atoms with E-state index < -0.39 is 0 Å². The molecule has 1 aliphatic rings. The first kappa shape index (κ1) is 19.2. The number of furan rings is 1. The lowest BCUT2D eigenvalue weighted by Crippen LogP contribution is -2.27. The molecule has 0 atom stereocenters. The van der Waals surface area contributed by atoms with E-state index in [0.29, 0.717) is 54.4 Å². The molecule has 4 heterocycles. The maximum atomic E-state index is 12.8. The summed E-state index contributed by atoms with van der Waals surface area (Å²) in [6, 6.07) is 9.23. The van der Waals surface area contributed by atoms with Crippen molar-refractivity contribution < 1.29 is 18.7 Å². The monoisotopic (exact) mass is 422 g/mol. The standard InChI is InChI=1S/C22H22N4O5/c1-13-8-16-19(31-13)10-17-22(28)25(24-14(2)26(16)17)7-3-4-21(27)23-11-15-5-6-18-20(9-15)30-12-29-18/h5-6,8-10H,3-4,7,11-12H2,1-2H3,(H,23,27). The van der Waals surface area contributed by atoms with Gasteiger partial charge >= 0.3 is 0 Å². The molecular formula is C22H22N4O5. The molecule has 9 heteroatoms. The summed E-state index contributed by atoms with van der Waals surface area (Å²) in [7, 11) is 0. The van der Waals surface area contributed by atoms with E-state index in [1.54, 1.807) is 6.07 Å². The number of rotatable bonds is 6. The molecular weight excluding hydrogens is 400 g/mol. The Bertz CT molecular complexity index is 1360. The third kappa shape index (κ3) is 3.52. The van der Waals surface area contributed by atoms with Gasteiger partial charge in [-0.2, -0.15) is 5.10 Å². The van der Waals surface area contributed by atoms with E-state index in [1.807, 2.05) is 42.5 Å². The van der Waals surface area contributed by atoms with Crippen molar-refractivity contribution in [3.63, 3.8) is 0 Å². The lowest BCUT2D eigenvalue weighted by Gasteiger charge is -2.09. The highest BCUT2D eigenvalue weighted by Crippen LogP contribution is 2.32. The Kier molecular flexibility index (Phi) is 4.65. The predicted octanol–water partition coefficient (Wildman–Crippen LogP) is 2.68. The summed E-state index contributed by atoms with van der Waals surface area (Å²) in [5.74, 6) is 2.80. The molecule has 0 saturated heterocycles. The van der Waals surface area contributed by atoms with Crippen molar-refractivity contribution in [3.8, 4) is 11.5 Å². The zero-order chi connectivity index (χ0) is 21.5. The number of hydrogen-bond acceptors (Lipinski definition) is 6. The van der Waals surface area contributed by atoms with Crippen molar-refractivity contribution in [2.45, 2.75) is 39.8 Å². The molecule has 0 unspecified atom stereocenters. The molecule has 1 amide bonds. The molecule has 0 aliphatic carbocycles. The molecule has 0 spiro atoms. The number of hydrogen-bond donors (Lipinski definition) is 1. The summed E-state index contributed by atoms with van der Waals surface area (Å²) in [4.78, 5) is 25.1. The van der Waals surface area contributed by atoms with Gasteiger partial charge in [-0.05, 0) is 38.0 Å². The molecule has 9 nitrogen and oxygen atoms in total. The van der Waals surface area contributed by atoms with E-state index in [-0.39, 0.29) is 18.3 Å². The highest BCUT2D eigenvalue weighted by molar-refractivity contribution is 5.83. The molecule has 4 aromatic rings. The van der Waals surface area contributed by atoms with E-state index in [1.165, 1.54) is 4.68 Å². The van der Waals surface area contributed by atoms with Gasteiger partial charge in [0, 0.05) is 31.6 Å². The number of carbonyl (C=O) groups excluding carboxylic acids is 1. The quantitative estimate of drug-likeness (QED) is 0.513. The highest BCUT2D eigenvalue weighted by atomic mass is 16.7. The van der Waals surface area contributed by atoms with Crippen molar-refractivity contribution >= 4 is 22.5 Å². The topological polar surface area (TPSA) is 100 Å². The molecule has 0 fully saturated rings. The zero-order valence-corrected chi connectivity index (χ0v) is 17.3. The smallest absolute Gasteiger partial charge is 0.291 e. The second-order valence-electron chi connectivity index (χ2n) is 7.61. The maximum Gasteiger partial charge on any atom is 0.291 e. The third-order valence-corrected chi connectivity index (χ3v) is 5.36. The number of amides is 1. The summed E-state index contributed by atoms with van der Waals surface area (Å²) in [6.07, 6.45) is 0.802. The third-order valence-electron chi connectivity index (χ3n) is 5.36. The van der Waals surface area contributed by atoms with Gasteiger partial charge in [0.15, 0.2) is 17.1 Å². The Morgan fingerprint density at radius 3 is 2.84 bits per heavy atom. The van der Waals surface area contributed by atoms with Crippen molar-refractivity contribution in [2.24, 2.45) is 0 Å². The fourth-order valence-electron chi connectivity index (χ4n) is 3.90. The molecule has 31 heavy (non-hydrogen) atoms. The second-order valence-corrected chi connectivity index (χ2v) is 7.61. The van der Waals surface area contributed by atoms with Crippen LogP contribution in [0.2, 0.25) is 0 Å². The van der Waals surface area contributed by atoms with E-state index in [2.05, 4.69) is 10.4 Å². The number of carbonyl (C=O) groups is 1. The first-order chi connectivity index (χ1) is 15.0. The fraction of sp³-hybridized carbons (Fsp3) is 0.318. The van der Waals surface area contributed by atoms with Crippen LogP contribution in [0.25, 0.3) is 16.6 Å². The van der Waals surface area contributed by atoms with E-state index in [9.17, 15) is 9.59 Å². The lowest BCUT2D eigenvalue weighted by molar-refractivity contribution is -0.121. The SMILES string of the molecule is Cc1cc2c(cc3c(=O)n(CCCC(=O)NCc4ccc5c(c4)OCO5)nc(C)n32)o1. The minimum atomic E-state index is -0.199. The molecule has 0 radical (unpaired) electrons. The normalized spacial score (nSPS) is 12.7.